The number of fused-ring (bicyclic) bond motifs is 1. The van der Waals surface area contributed by atoms with E-state index in [2.05, 4.69) is 0 Å². The minimum absolute atomic E-state index is 0.101. The third-order valence-electron chi connectivity index (χ3n) is 3.61. The summed E-state index contributed by atoms with van der Waals surface area (Å²) >= 11 is 0. The summed E-state index contributed by atoms with van der Waals surface area (Å²) in [6.07, 6.45) is 1.71. The highest BCUT2D eigenvalue weighted by molar-refractivity contribution is 6.14. The first-order valence-corrected chi connectivity index (χ1v) is 6.98. The topological polar surface area (TPSA) is 72.8 Å². The van der Waals surface area contributed by atoms with Crippen molar-refractivity contribution in [1.29, 1.82) is 0 Å². The third kappa shape index (κ3) is 2.94. The summed E-state index contributed by atoms with van der Waals surface area (Å²) in [5, 5.41) is 8.89. The highest BCUT2D eigenvalue weighted by Crippen LogP contribution is 2.31. The van der Waals surface area contributed by atoms with E-state index in [1.165, 1.54) is 12.1 Å². The Hall–Kier alpha value is -3.08. The van der Waals surface area contributed by atoms with Gasteiger partial charge < -0.3 is 14.6 Å². The quantitative estimate of drug-likeness (QED) is 0.882. The average Bonchev–Trinajstić information content (AvgIpc) is 2.57. The van der Waals surface area contributed by atoms with Crippen molar-refractivity contribution in [2.75, 3.05) is 13.7 Å². The summed E-state index contributed by atoms with van der Waals surface area (Å²) in [6.45, 7) is 0.166. The van der Waals surface area contributed by atoms with Gasteiger partial charge >= 0.3 is 5.97 Å². The zero-order valence-corrected chi connectivity index (χ0v) is 12.4. The summed E-state index contributed by atoms with van der Waals surface area (Å²) in [5.41, 5.74) is 1.96. The first-order chi connectivity index (χ1) is 11.1. The highest BCUT2D eigenvalue weighted by Gasteiger charge is 2.23. The van der Waals surface area contributed by atoms with Gasteiger partial charge in [0.15, 0.2) is 5.78 Å². The molecule has 0 saturated heterocycles. The van der Waals surface area contributed by atoms with Crippen molar-refractivity contribution in [3.8, 4) is 11.5 Å². The lowest BCUT2D eigenvalue weighted by Crippen LogP contribution is -2.19. The predicted octanol–water partition coefficient (Wildman–Crippen LogP) is 3.05. The number of ketones is 1. The second-order valence-electron chi connectivity index (χ2n) is 5.08. The maximum atomic E-state index is 12.5. The maximum Gasteiger partial charge on any atom is 0.335 e. The molecule has 116 valence electrons. The molecule has 23 heavy (non-hydrogen) atoms. The monoisotopic (exact) mass is 310 g/mol. The molecule has 1 N–H and O–H groups in total. The van der Waals surface area contributed by atoms with Crippen LogP contribution in [0.4, 0.5) is 0 Å². The van der Waals surface area contributed by atoms with Gasteiger partial charge in [0.2, 0.25) is 0 Å². The first kappa shape index (κ1) is 14.8. The molecule has 0 amide bonds. The highest BCUT2D eigenvalue weighted by atomic mass is 16.5. The zero-order chi connectivity index (χ0) is 16.4. The van der Waals surface area contributed by atoms with Crippen LogP contribution in [0, 0.1) is 0 Å². The van der Waals surface area contributed by atoms with Gasteiger partial charge in [0, 0.05) is 11.6 Å². The van der Waals surface area contributed by atoms with Gasteiger partial charge in [-0.15, -0.1) is 0 Å². The van der Waals surface area contributed by atoms with Crippen LogP contribution in [0.1, 0.15) is 26.3 Å². The van der Waals surface area contributed by atoms with Crippen molar-refractivity contribution in [3.05, 3.63) is 64.7 Å². The standard InChI is InChI=1S/C18H14O5/c1-22-14-6-7-15-16(9-14)23-10-13(17(15)19)8-11-2-4-12(5-3-11)18(20)21/h2-9H,10H2,1H3,(H,20,21)/b13-8+. The lowest BCUT2D eigenvalue weighted by molar-refractivity contribution is 0.0696. The number of rotatable bonds is 3. The number of hydrogen-bond acceptors (Lipinski definition) is 4. The van der Waals surface area contributed by atoms with Gasteiger partial charge in [-0.05, 0) is 35.9 Å². The molecule has 5 nitrogen and oxygen atoms in total. The minimum Gasteiger partial charge on any atom is -0.497 e. The Morgan fingerprint density at radius 1 is 1.22 bits per heavy atom. The first-order valence-electron chi connectivity index (χ1n) is 6.98. The predicted molar refractivity (Wildman–Crippen MR) is 84.2 cm³/mol. The van der Waals surface area contributed by atoms with Crippen molar-refractivity contribution in [2.24, 2.45) is 0 Å². The molecule has 0 unspecified atom stereocenters. The molecule has 0 saturated carbocycles. The third-order valence-corrected chi connectivity index (χ3v) is 3.61. The van der Waals surface area contributed by atoms with E-state index in [4.69, 9.17) is 14.6 Å². The molecule has 0 atom stereocenters. The Morgan fingerprint density at radius 2 is 1.96 bits per heavy atom. The normalized spacial score (nSPS) is 15.0. The number of carboxylic acids is 1. The van der Waals surface area contributed by atoms with Crippen LogP contribution in [0.15, 0.2) is 48.0 Å². The van der Waals surface area contributed by atoms with Crippen molar-refractivity contribution < 1.29 is 24.2 Å². The Morgan fingerprint density at radius 3 is 2.61 bits per heavy atom. The molecule has 0 aliphatic carbocycles. The molecule has 2 aromatic rings. The van der Waals surface area contributed by atoms with E-state index in [-0.39, 0.29) is 18.0 Å². The van der Waals surface area contributed by atoms with Crippen molar-refractivity contribution in [3.63, 3.8) is 0 Å². The van der Waals surface area contributed by atoms with Crippen LogP contribution in [-0.2, 0) is 0 Å². The van der Waals surface area contributed by atoms with Gasteiger partial charge in [0.25, 0.3) is 0 Å². The van der Waals surface area contributed by atoms with Crippen LogP contribution >= 0.6 is 0 Å². The van der Waals surface area contributed by atoms with Gasteiger partial charge in [-0.2, -0.15) is 0 Å². The molecule has 0 radical (unpaired) electrons. The van der Waals surface area contributed by atoms with Crippen molar-refractivity contribution in [1.82, 2.24) is 0 Å². The van der Waals surface area contributed by atoms with E-state index in [0.29, 0.717) is 22.6 Å². The van der Waals surface area contributed by atoms with E-state index in [1.54, 1.807) is 43.5 Å². The van der Waals surface area contributed by atoms with Crippen LogP contribution in [0.2, 0.25) is 0 Å². The molecule has 5 heteroatoms. The summed E-state index contributed by atoms with van der Waals surface area (Å²) in [6, 6.07) is 11.4. The number of carbonyl (C=O) groups excluding carboxylic acids is 1. The SMILES string of the molecule is COc1ccc2c(c1)OC/C(=C\c1ccc(C(=O)O)cc1)C2=O. The Balaban J connectivity index is 1.89. The smallest absolute Gasteiger partial charge is 0.335 e. The van der Waals surface area contributed by atoms with Crippen LogP contribution in [0.5, 0.6) is 11.5 Å². The van der Waals surface area contributed by atoms with E-state index in [9.17, 15) is 9.59 Å². The molecule has 1 aliphatic rings. The van der Waals surface area contributed by atoms with Gasteiger partial charge in [-0.1, -0.05) is 12.1 Å². The lowest BCUT2D eigenvalue weighted by Gasteiger charge is -2.19. The van der Waals surface area contributed by atoms with Crippen molar-refractivity contribution in [2.45, 2.75) is 0 Å². The fourth-order valence-corrected chi connectivity index (χ4v) is 2.36. The van der Waals surface area contributed by atoms with E-state index in [0.717, 1.165) is 5.56 Å². The van der Waals surface area contributed by atoms with Crippen LogP contribution in [0.25, 0.3) is 6.08 Å². The average molecular weight is 310 g/mol. The summed E-state index contributed by atoms with van der Waals surface area (Å²) in [7, 11) is 1.55. The number of carboxylic acid groups (broad SMARTS) is 1. The molecule has 0 aromatic heterocycles. The molecule has 2 aromatic carbocycles. The fraction of sp³-hybridized carbons (Fsp3) is 0.111. The largest absolute Gasteiger partial charge is 0.497 e. The Bertz CT molecular complexity index is 803. The van der Waals surface area contributed by atoms with Gasteiger partial charge in [-0.3, -0.25) is 4.79 Å². The number of aromatic carboxylic acids is 1. The molecule has 0 bridgehead atoms. The van der Waals surface area contributed by atoms with Crippen LogP contribution in [-0.4, -0.2) is 30.6 Å². The zero-order valence-electron chi connectivity index (χ0n) is 12.4. The molecule has 0 spiro atoms. The number of hydrogen-bond donors (Lipinski definition) is 1. The molecular weight excluding hydrogens is 296 g/mol. The number of Topliss-reactive ketones (excluding diaryl/α,β-unsaturated/α-hetero) is 1. The van der Waals surface area contributed by atoms with E-state index >= 15 is 0 Å². The molecule has 1 aliphatic heterocycles. The Kier molecular flexibility index (Phi) is 3.85. The van der Waals surface area contributed by atoms with Gasteiger partial charge in [0.1, 0.15) is 18.1 Å². The maximum absolute atomic E-state index is 12.5. The van der Waals surface area contributed by atoms with E-state index in [1.807, 2.05) is 0 Å². The summed E-state index contributed by atoms with van der Waals surface area (Å²) < 4.78 is 10.7. The minimum atomic E-state index is -0.982. The summed E-state index contributed by atoms with van der Waals surface area (Å²) in [4.78, 5) is 23.4. The van der Waals surface area contributed by atoms with Crippen LogP contribution < -0.4 is 9.47 Å². The second kappa shape index (κ2) is 5.96. The number of benzene rings is 2. The molecule has 3 rings (SSSR count). The molecule has 0 fully saturated rings. The number of carbonyl (C=O) groups is 2. The van der Waals surface area contributed by atoms with Gasteiger partial charge in [0.05, 0.1) is 18.2 Å². The van der Waals surface area contributed by atoms with Gasteiger partial charge in [-0.25, -0.2) is 4.79 Å². The summed E-state index contributed by atoms with van der Waals surface area (Å²) in [5.74, 6) is 0.0568. The van der Waals surface area contributed by atoms with E-state index < -0.39 is 5.97 Å². The number of ether oxygens (including phenoxy) is 2. The van der Waals surface area contributed by atoms with Crippen LogP contribution in [0.3, 0.4) is 0 Å². The Labute approximate surface area is 132 Å². The number of methoxy groups -OCH3 is 1. The molecule has 1 heterocycles. The lowest BCUT2D eigenvalue weighted by atomic mass is 9.98. The molecular formula is C18H14O5. The van der Waals surface area contributed by atoms with Crippen molar-refractivity contribution >= 4 is 17.8 Å². The fourth-order valence-electron chi connectivity index (χ4n) is 2.36. The second-order valence-corrected chi connectivity index (χ2v) is 5.08.